The van der Waals surface area contributed by atoms with Crippen LogP contribution in [0.15, 0.2) is 42.5 Å². The Bertz CT molecular complexity index is 599. The topological polar surface area (TPSA) is 55.1 Å². The Balaban J connectivity index is 2.22. The van der Waals surface area contributed by atoms with E-state index in [1.54, 1.807) is 24.3 Å². The second-order valence-corrected chi connectivity index (χ2v) is 3.70. The summed E-state index contributed by atoms with van der Waals surface area (Å²) in [6.45, 7) is 0. The highest BCUT2D eigenvalue weighted by Gasteiger charge is 2.12. The number of carbonyl (C=O) groups is 1. The molecule has 0 radical (unpaired) electrons. The molecule has 0 atom stereocenters. The van der Waals surface area contributed by atoms with Crippen molar-refractivity contribution in [3.63, 3.8) is 0 Å². The molecule has 2 aromatic rings. The summed E-state index contributed by atoms with van der Waals surface area (Å²) >= 11 is 0. The molecule has 0 spiro atoms. The number of anilines is 2. The number of benzene rings is 2. The quantitative estimate of drug-likeness (QED) is 0.803. The van der Waals surface area contributed by atoms with Gasteiger partial charge < -0.3 is 11.1 Å². The molecule has 0 saturated heterocycles. The SMILES string of the molecule is Nc1cccc(NC(=O)c2ccc(F)cc2F)c1. The van der Waals surface area contributed by atoms with Crippen LogP contribution in [0.3, 0.4) is 0 Å². The van der Waals surface area contributed by atoms with Gasteiger partial charge in [0.1, 0.15) is 11.6 Å². The average Bonchev–Trinajstić information content (AvgIpc) is 2.28. The van der Waals surface area contributed by atoms with Gasteiger partial charge in [-0.3, -0.25) is 4.79 Å². The summed E-state index contributed by atoms with van der Waals surface area (Å²) in [5, 5.41) is 2.48. The zero-order valence-electron chi connectivity index (χ0n) is 9.28. The van der Waals surface area contributed by atoms with Crippen molar-refractivity contribution in [1.82, 2.24) is 0 Å². The Kier molecular flexibility index (Phi) is 3.23. The van der Waals surface area contributed by atoms with Crippen LogP contribution in [0.2, 0.25) is 0 Å². The Morgan fingerprint density at radius 3 is 2.56 bits per heavy atom. The smallest absolute Gasteiger partial charge is 0.258 e. The summed E-state index contributed by atoms with van der Waals surface area (Å²) in [6, 6.07) is 9.26. The molecule has 0 aliphatic carbocycles. The lowest BCUT2D eigenvalue weighted by Gasteiger charge is -2.06. The number of halogens is 2. The lowest BCUT2D eigenvalue weighted by Crippen LogP contribution is -2.14. The first-order chi connectivity index (χ1) is 8.56. The van der Waals surface area contributed by atoms with Crippen molar-refractivity contribution in [1.29, 1.82) is 0 Å². The average molecular weight is 248 g/mol. The fraction of sp³-hybridized carbons (Fsp3) is 0. The van der Waals surface area contributed by atoms with Crippen molar-refractivity contribution >= 4 is 17.3 Å². The lowest BCUT2D eigenvalue weighted by atomic mass is 10.2. The summed E-state index contributed by atoms with van der Waals surface area (Å²) in [4.78, 5) is 11.7. The van der Waals surface area contributed by atoms with Gasteiger partial charge in [-0.15, -0.1) is 0 Å². The molecule has 0 aliphatic heterocycles. The van der Waals surface area contributed by atoms with Crippen molar-refractivity contribution in [3.05, 3.63) is 59.7 Å². The standard InChI is InChI=1S/C13H10F2N2O/c14-8-4-5-11(12(15)6-8)13(18)17-10-3-1-2-9(16)7-10/h1-7H,16H2,(H,17,18). The predicted molar refractivity (Wildman–Crippen MR) is 65.2 cm³/mol. The molecule has 0 aromatic heterocycles. The van der Waals surface area contributed by atoms with Crippen molar-refractivity contribution in [2.75, 3.05) is 11.1 Å². The van der Waals surface area contributed by atoms with E-state index in [0.29, 0.717) is 17.4 Å². The zero-order chi connectivity index (χ0) is 13.1. The molecule has 3 nitrogen and oxygen atoms in total. The van der Waals surface area contributed by atoms with Crippen LogP contribution >= 0.6 is 0 Å². The second kappa shape index (κ2) is 4.83. The van der Waals surface area contributed by atoms with Crippen LogP contribution in [0.4, 0.5) is 20.2 Å². The minimum absolute atomic E-state index is 0.223. The monoisotopic (exact) mass is 248 g/mol. The summed E-state index contributed by atoms with van der Waals surface area (Å²) in [5.74, 6) is -2.29. The van der Waals surface area contributed by atoms with Crippen molar-refractivity contribution in [2.45, 2.75) is 0 Å². The molecule has 0 saturated carbocycles. The largest absolute Gasteiger partial charge is 0.399 e. The van der Waals surface area contributed by atoms with Crippen LogP contribution < -0.4 is 11.1 Å². The van der Waals surface area contributed by atoms with Crippen molar-refractivity contribution in [3.8, 4) is 0 Å². The van der Waals surface area contributed by atoms with Crippen molar-refractivity contribution in [2.24, 2.45) is 0 Å². The normalized spacial score (nSPS) is 10.1. The van der Waals surface area contributed by atoms with Gasteiger partial charge in [-0.2, -0.15) is 0 Å². The third kappa shape index (κ3) is 2.63. The summed E-state index contributed by atoms with van der Waals surface area (Å²) in [6.07, 6.45) is 0. The highest BCUT2D eigenvalue weighted by Crippen LogP contribution is 2.15. The van der Waals surface area contributed by atoms with E-state index in [1.807, 2.05) is 0 Å². The van der Waals surface area contributed by atoms with Crippen LogP contribution in [0.5, 0.6) is 0 Å². The fourth-order valence-electron chi connectivity index (χ4n) is 1.49. The summed E-state index contributed by atoms with van der Waals surface area (Å²) in [5.41, 5.74) is 6.25. The first-order valence-corrected chi connectivity index (χ1v) is 5.18. The van der Waals surface area contributed by atoms with Gasteiger partial charge >= 0.3 is 0 Å². The van der Waals surface area contributed by atoms with Crippen molar-refractivity contribution < 1.29 is 13.6 Å². The van der Waals surface area contributed by atoms with E-state index in [2.05, 4.69) is 5.32 Å². The van der Waals surface area contributed by atoms with E-state index in [9.17, 15) is 13.6 Å². The molecule has 5 heteroatoms. The predicted octanol–water partition coefficient (Wildman–Crippen LogP) is 2.80. The maximum atomic E-state index is 13.4. The van der Waals surface area contributed by atoms with E-state index in [1.165, 1.54) is 0 Å². The van der Waals surface area contributed by atoms with Crippen LogP contribution in [0.25, 0.3) is 0 Å². The van der Waals surface area contributed by atoms with Gasteiger partial charge in [0.25, 0.3) is 5.91 Å². The molecule has 2 rings (SSSR count). The molecule has 2 aromatic carbocycles. The minimum atomic E-state index is -0.906. The van der Waals surface area contributed by atoms with Gasteiger partial charge in [0.05, 0.1) is 5.56 Å². The fourth-order valence-corrected chi connectivity index (χ4v) is 1.49. The maximum Gasteiger partial charge on any atom is 0.258 e. The molecule has 0 bridgehead atoms. The third-order valence-electron chi connectivity index (χ3n) is 2.32. The highest BCUT2D eigenvalue weighted by molar-refractivity contribution is 6.04. The molecule has 18 heavy (non-hydrogen) atoms. The van der Waals surface area contributed by atoms with Gasteiger partial charge in [0.2, 0.25) is 0 Å². The van der Waals surface area contributed by atoms with Gasteiger partial charge in [-0.05, 0) is 30.3 Å². The third-order valence-corrected chi connectivity index (χ3v) is 2.32. The number of carbonyl (C=O) groups excluding carboxylic acids is 1. The Morgan fingerprint density at radius 2 is 1.89 bits per heavy atom. The first kappa shape index (κ1) is 12.0. The molecule has 0 fully saturated rings. The number of nitrogen functional groups attached to an aromatic ring is 1. The molecular formula is C13H10F2N2O. The maximum absolute atomic E-state index is 13.4. The molecular weight excluding hydrogens is 238 g/mol. The van der Waals surface area contributed by atoms with E-state index in [-0.39, 0.29) is 5.56 Å². The molecule has 1 amide bonds. The van der Waals surface area contributed by atoms with Gasteiger partial charge in [0.15, 0.2) is 0 Å². The second-order valence-electron chi connectivity index (χ2n) is 3.70. The van der Waals surface area contributed by atoms with Crippen LogP contribution in [0.1, 0.15) is 10.4 Å². The number of nitrogens with one attached hydrogen (secondary N) is 1. The summed E-state index contributed by atoms with van der Waals surface area (Å²) < 4.78 is 26.1. The molecule has 0 aliphatic rings. The Hall–Kier alpha value is -2.43. The molecule has 3 N–H and O–H groups in total. The van der Waals surface area contributed by atoms with Crippen LogP contribution in [0, 0.1) is 11.6 Å². The zero-order valence-corrected chi connectivity index (χ0v) is 9.28. The van der Waals surface area contributed by atoms with E-state index < -0.39 is 17.5 Å². The molecule has 0 unspecified atom stereocenters. The molecule has 92 valence electrons. The highest BCUT2D eigenvalue weighted by atomic mass is 19.1. The van der Waals surface area contributed by atoms with Gasteiger partial charge in [-0.25, -0.2) is 8.78 Å². The van der Waals surface area contributed by atoms with E-state index in [0.717, 1.165) is 12.1 Å². The minimum Gasteiger partial charge on any atom is -0.399 e. The van der Waals surface area contributed by atoms with Crippen LogP contribution in [-0.2, 0) is 0 Å². The Morgan fingerprint density at radius 1 is 1.11 bits per heavy atom. The Labute approximate surface area is 102 Å². The van der Waals surface area contributed by atoms with E-state index in [4.69, 9.17) is 5.73 Å². The van der Waals surface area contributed by atoms with Crippen LogP contribution in [-0.4, -0.2) is 5.91 Å². The molecule has 0 heterocycles. The number of hydrogen-bond donors (Lipinski definition) is 2. The number of amides is 1. The number of rotatable bonds is 2. The number of nitrogens with two attached hydrogens (primary N) is 1. The number of hydrogen-bond acceptors (Lipinski definition) is 2. The first-order valence-electron chi connectivity index (χ1n) is 5.18. The summed E-state index contributed by atoms with van der Waals surface area (Å²) in [7, 11) is 0. The lowest BCUT2D eigenvalue weighted by molar-refractivity contribution is 0.102. The van der Waals surface area contributed by atoms with E-state index >= 15 is 0 Å². The van der Waals surface area contributed by atoms with Gasteiger partial charge in [0, 0.05) is 17.4 Å². The van der Waals surface area contributed by atoms with Gasteiger partial charge in [-0.1, -0.05) is 6.07 Å².